The second-order valence-electron chi connectivity index (χ2n) is 5.10. The number of hydrogen-bond acceptors (Lipinski definition) is 1. The van der Waals surface area contributed by atoms with Crippen LogP contribution < -0.4 is 5.32 Å². The van der Waals surface area contributed by atoms with E-state index in [2.05, 4.69) is 43.6 Å². The maximum absolute atomic E-state index is 6.16. The normalized spacial score (nSPS) is 10.2. The molecule has 0 radical (unpaired) electrons. The van der Waals surface area contributed by atoms with E-state index < -0.39 is 0 Å². The first kappa shape index (κ1) is 15.4. The smallest absolute Gasteiger partial charge is 0.0438 e. The lowest BCUT2D eigenvalue weighted by molar-refractivity contribution is 0.950. The van der Waals surface area contributed by atoms with Gasteiger partial charge in [-0.3, -0.25) is 0 Å². The van der Waals surface area contributed by atoms with Crippen molar-refractivity contribution in [1.29, 1.82) is 0 Å². The number of benzene rings is 2. The van der Waals surface area contributed by atoms with E-state index in [1.54, 1.807) is 0 Å². The van der Waals surface area contributed by atoms with Gasteiger partial charge >= 0.3 is 0 Å². The summed E-state index contributed by atoms with van der Waals surface area (Å²) in [7, 11) is 0. The molecule has 2 heteroatoms. The van der Waals surface area contributed by atoms with Crippen LogP contribution in [0, 0.1) is 6.92 Å². The molecule has 0 saturated heterocycles. The van der Waals surface area contributed by atoms with Crippen molar-refractivity contribution in [3.63, 3.8) is 0 Å². The number of rotatable bonds is 6. The summed E-state index contributed by atoms with van der Waals surface area (Å²) in [4.78, 5) is 0. The molecule has 0 spiro atoms. The summed E-state index contributed by atoms with van der Waals surface area (Å²) in [5.74, 6) is 0. The van der Waals surface area contributed by atoms with Crippen LogP contribution in [-0.4, -0.2) is 0 Å². The van der Waals surface area contributed by atoms with E-state index >= 15 is 0 Å². The van der Waals surface area contributed by atoms with Gasteiger partial charge in [-0.15, -0.1) is 0 Å². The highest BCUT2D eigenvalue weighted by atomic mass is 35.5. The van der Waals surface area contributed by atoms with Crippen LogP contribution in [0.15, 0.2) is 61.3 Å². The first-order chi connectivity index (χ1) is 10.1. The maximum atomic E-state index is 6.16. The predicted molar refractivity (Wildman–Crippen MR) is 93.8 cm³/mol. The average Bonchev–Trinajstić information content (AvgIpc) is 2.46. The fraction of sp³-hybridized carbons (Fsp3) is 0.158. The molecule has 0 bridgehead atoms. The van der Waals surface area contributed by atoms with Gasteiger partial charge in [0, 0.05) is 16.4 Å². The summed E-state index contributed by atoms with van der Waals surface area (Å²) >= 11 is 6.16. The molecule has 0 aliphatic rings. The molecule has 0 fully saturated rings. The van der Waals surface area contributed by atoms with Crippen LogP contribution in [0.2, 0.25) is 5.02 Å². The number of aryl methyl sites for hydroxylation is 2. The second-order valence-corrected chi connectivity index (χ2v) is 5.50. The van der Waals surface area contributed by atoms with E-state index in [0.717, 1.165) is 40.4 Å². The number of anilines is 1. The Kier molecular flexibility index (Phi) is 5.24. The van der Waals surface area contributed by atoms with Crippen LogP contribution in [-0.2, 0) is 6.42 Å². The minimum Gasteiger partial charge on any atom is -0.359 e. The molecule has 0 amide bonds. The van der Waals surface area contributed by atoms with Crippen LogP contribution in [0.3, 0.4) is 0 Å². The number of nitrogens with one attached hydrogen (secondary N) is 1. The van der Waals surface area contributed by atoms with Gasteiger partial charge in [0.05, 0.1) is 0 Å². The Hall–Kier alpha value is -1.99. The number of allylic oxidation sites excluding steroid dienone is 1. The summed E-state index contributed by atoms with van der Waals surface area (Å²) in [5.41, 5.74) is 5.55. The molecular weight excluding hydrogens is 278 g/mol. The van der Waals surface area contributed by atoms with Crippen molar-refractivity contribution in [2.75, 3.05) is 5.32 Å². The summed E-state index contributed by atoms with van der Waals surface area (Å²) in [6.07, 6.45) is 3.60. The molecule has 0 saturated carbocycles. The van der Waals surface area contributed by atoms with E-state index in [-0.39, 0.29) is 0 Å². The van der Waals surface area contributed by atoms with Crippen LogP contribution in [0.5, 0.6) is 0 Å². The Morgan fingerprint density at radius 2 is 2.00 bits per heavy atom. The molecule has 0 aliphatic heterocycles. The van der Waals surface area contributed by atoms with Crippen LogP contribution in [0.25, 0.3) is 6.08 Å². The highest BCUT2D eigenvalue weighted by Gasteiger charge is 2.02. The third-order valence-corrected chi connectivity index (χ3v) is 3.83. The molecule has 0 aromatic heterocycles. The van der Waals surface area contributed by atoms with E-state index in [1.807, 2.05) is 30.3 Å². The van der Waals surface area contributed by atoms with E-state index in [1.165, 1.54) is 5.56 Å². The Balaban J connectivity index is 1.94. The lowest BCUT2D eigenvalue weighted by atomic mass is 10.1. The zero-order valence-corrected chi connectivity index (χ0v) is 13.1. The molecule has 1 N–H and O–H groups in total. The van der Waals surface area contributed by atoms with Gasteiger partial charge in [0.1, 0.15) is 0 Å². The molecule has 21 heavy (non-hydrogen) atoms. The van der Waals surface area contributed by atoms with Gasteiger partial charge in [-0.1, -0.05) is 55.1 Å². The molecule has 0 atom stereocenters. The summed E-state index contributed by atoms with van der Waals surface area (Å²) in [5, 5.41) is 4.17. The zero-order chi connectivity index (χ0) is 15.2. The standard InChI is InChI=1S/C19H20ClN/c1-4-16-11-12-18(13-14(16)2)21-15(3)9-10-17-7-5-6-8-19(17)20/h4-8,11-13,21H,1,3,9-10H2,2H3. The largest absolute Gasteiger partial charge is 0.359 e. The molecule has 1 nitrogen and oxygen atoms in total. The lowest BCUT2D eigenvalue weighted by Crippen LogP contribution is -2.00. The summed E-state index contributed by atoms with van der Waals surface area (Å²) in [6.45, 7) is 9.97. The van der Waals surface area contributed by atoms with Crippen LogP contribution >= 0.6 is 11.6 Å². The highest BCUT2D eigenvalue weighted by molar-refractivity contribution is 6.31. The Morgan fingerprint density at radius 3 is 2.67 bits per heavy atom. The van der Waals surface area contributed by atoms with Crippen molar-refractivity contribution >= 4 is 23.4 Å². The lowest BCUT2D eigenvalue weighted by Gasteiger charge is -2.12. The van der Waals surface area contributed by atoms with Crippen LogP contribution in [0.1, 0.15) is 23.1 Å². The SMILES string of the molecule is C=Cc1ccc(NC(=C)CCc2ccccc2Cl)cc1C. The predicted octanol–water partition coefficient (Wildman–Crippen LogP) is 5.85. The minimum atomic E-state index is 0.816. The summed E-state index contributed by atoms with van der Waals surface area (Å²) in [6, 6.07) is 14.1. The number of halogens is 1. The van der Waals surface area contributed by atoms with Gasteiger partial charge in [-0.05, 0) is 54.7 Å². The average molecular weight is 298 g/mol. The van der Waals surface area contributed by atoms with Crippen molar-refractivity contribution < 1.29 is 0 Å². The molecule has 2 aromatic rings. The van der Waals surface area contributed by atoms with Crippen molar-refractivity contribution in [3.8, 4) is 0 Å². The molecular formula is C19H20ClN. The Labute approximate surface area is 132 Å². The van der Waals surface area contributed by atoms with Crippen LogP contribution in [0.4, 0.5) is 5.69 Å². The van der Waals surface area contributed by atoms with Crippen molar-refractivity contribution in [2.24, 2.45) is 0 Å². The van der Waals surface area contributed by atoms with Crippen molar-refractivity contribution in [2.45, 2.75) is 19.8 Å². The Bertz CT molecular complexity index is 658. The van der Waals surface area contributed by atoms with Gasteiger partial charge in [0.2, 0.25) is 0 Å². The van der Waals surface area contributed by atoms with Gasteiger partial charge in [-0.2, -0.15) is 0 Å². The monoisotopic (exact) mass is 297 g/mol. The molecule has 0 aliphatic carbocycles. The number of hydrogen-bond donors (Lipinski definition) is 1. The van der Waals surface area contributed by atoms with E-state index in [4.69, 9.17) is 11.6 Å². The first-order valence-corrected chi connectivity index (χ1v) is 7.39. The quantitative estimate of drug-likeness (QED) is 0.705. The fourth-order valence-electron chi connectivity index (χ4n) is 2.24. The van der Waals surface area contributed by atoms with Gasteiger partial charge < -0.3 is 5.32 Å². The van der Waals surface area contributed by atoms with Crippen molar-refractivity contribution in [1.82, 2.24) is 0 Å². The molecule has 2 aromatic carbocycles. The molecule has 0 unspecified atom stereocenters. The zero-order valence-electron chi connectivity index (χ0n) is 12.3. The maximum Gasteiger partial charge on any atom is 0.0438 e. The van der Waals surface area contributed by atoms with Gasteiger partial charge in [0.15, 0.2) is 0 Å². The van der Waals surface area contributed by atoms with E-state index in [0.29, 0.717) is 0 Å². The molecule has 0 heterocycles. The highest BCUT2D eigenvalue weighted by Crippen LogP contribution is 2.21. The van der Waals surface area contributed by atoms with Crippen molar-refractivity contribution in [3.05, 3.63) is 83.0 Å². The van der Waals surface area contributed by atoms with Gasteiger partial charge in [0.25, 0.3) is 0 Å². The van der Waals surface area contributed by atoms with E-state index in [9.17, 15) is 0 Å². The topological polar surface area (TPSA) is 12.0 Å². The first-order valence-electron chi connectivity index (χ1n) is 7.01. The Morgan fingerprint density at radius 1 is 1.24 bits per heavy atom. The third kappa shape index (κ3) is 4.24. The third-order valence-electron chi connectivity index (χ3n) is 3.46. The minimum absolute atomic E-state index is 0.816. The summed E-state index contributed by atoms with van der Waals surface area (Å²) < 4.78 is 0. The fourth-order valence-corrected chi connectivity index (χ4v) is 2.47. The second kappa shape index (κ2) is 7.14. The van der Waals surface area contributed by atoms with Gasteiger partial charge in [-0.25, -0.2) is 0 Å². The molecule has 2 rings (SSSR count). The molecule has 108 valence electrons.